The standard InChI is InChI=1S/C17H22N2O3/c20-15-7-4-10-19(15)14-6-3-5-13(11-14)16(21)18-12-17(22)8-1-2-9-17/h3,5-6,11,22H,1-2,4,7-10,12H2,(H,18,21). The minimum atomic E-state index is -0.752. The van der Waals surface area contributed by atoms with Gasteiger partial charge in [0, 0.05) is 30.8 Å². The van der Waals surface area contributed by atoms with Gasteiger partial charge in [0.15, 0.2) is 0 Å². The molecule has 5 heteroatoms. The molecule has 5 nitrogen and oxygen atoms in total. The van der Waals surface area contributed by atoms with E-state index in [1.807, 2.05) is 6.07 Å². The van der Waals surface area contributed by atoms with Gasteiger partial charge in [-0.3, -0.25) is 9.59 Å². The molecule has 0 radical (unpaired) electrons. The normalized spacial score (nSPS) is 20.4. The molecule has 22 heavy (non-hydrogen) atoms. The first-order valence-corrected chi connectivity index (χ1v) is 7.98. The number of carbonyl (C=O) groups is 2. The summed E-state index contributed by atoms with van der Waals surface area (Å²) in [5.41, 5.74) is 0.548. The number of amides is 2. The maximum Gasteiger partial charge on any atom is 0.251 e. The van der Waals surface area contributed by atoms with Crippen molar-refractivity contribution in [2.75, 3.05) is 18.0 Å². The van der Waals surface area contributed by atoms with E-state index in [1.165, 1.54) is 0 Å². The Morgan fingerprint density at radius 2 is 2.05 bits per heavy atom. The van der Waals surface area contributed by atoms with Gasteiger partial charge < -0.3 is 15.3 Å². The molecule has 1 aromatic rings. The predicted octanol–water partition coefficient (Wildman–Crippen LogP) is 1.85. The molecule has 2 fully saturated rings. The zero-order valence-corrected chi connectivity index (χ0v) is 12.7. The lowest BCUT2D eigenvalue weighted by Gasteiger charge is -2.22. The van der Waals surface area contributed by atoms with Crippen LogP contribution in [0, 0.1) is 0 Å². The Balaban J connectivity index is 1.66. The van der Waals surface area contributed by atoms with Gasteiger partial charge in [-0.25, -0.2) is 0 Å². The first-order chi connectivity index (χ1) is 10.6. The zero-order valence-electron chi connectivity index (χ0n) is 12.7. The second-order valence-corrected chi connectivity index (χ2v) is 6.31. The van der Waals surface area contributed by atoms with Crippen molar-refractivity contribution in [2.24, 2.45) is 0 Å². The van der Waals surface area contributed by atoms with E-state index in [0.717, 1.165) is 37.8 Å². The van der Waals surface area contributed by atoms with E-state index in [0.29, 0.717) is 25.1 Å². The fraction of sp³-hybridized carbons (Fsp3) is 0.529. The van der Waals surface area contributed by atoms with Crippen LogP contribution in [0.25, 0.3) is 0 Å². The third-order valence-corrected chi connectivity index (χ3v) is 4.61. The summed E-state index contributed by atoms with van der Waals surface area (Å²) in [6, 6.07) is 7.12. The summed E-state index contributed by atoms with van der Waals surface area (Å²) in [5, 5.41) is 13.1. The van der Waals surface area contributed by atoms with Gasteiger partial charge in [0.2, 0.25) is 5.91 Å². The monoisotopic (exact) mass is 302 g/mol. The Morgan fingerprint density at radius 3 is 2.73 bits per heavy atom. The van der Waals surface area contributed by atoms with Crippen molar-refractivity contribution in [1.29, 1.82) is 0 Å². The van der Waals surface area contributed by atoms with Gasteiger partial charge in [0.05, 0.1) is 5.60 Å². The molecule has 1 aliphatic carbocycles. The zero-order chi connectivity index (χ0) is 15.6. The average Bonchev–Trinajstić information content (AvgIpc) is 3.14. The fourth-order valence-corrected chi connectivity index (χ4v) is 3.29. The summed E-state index contributed by atoms with van der Waals surface area (Å²) in [5.74, 6) is -0.0911. The summed E-state index contributed by atoms with van der Waals surface area (Å²) in [6.45, 7) is 1.00. The minimum absolute atomic E-state index is 0.109. The average molecular weight is 302 g/mol. The lowest BCUT2D eigenvalue weighted by atomic mass is 10.0. The van der Waals surface area contributed by atoms with Crippen LogP contribution in [0.2, 0.25) is 0 Å². The highest BCUT2D eigenvalue weighted by Crippen LogP contribution is 2.28. The van der Waals surface area contributed by atoms with Crippen LogP contribution in [-0.4, -0.2) is 35.6 Å². The van der Waals surface area contributed by atoms with Gasteiger partial charge in [0.25, 0.3) is 5.91 Å². The largest absolute Gasteiger partial charge is 0.388 e. The molecular weight excluding hydrogens is 280 g/mol. The van der Waals surface area contributed by atoms with E-state index in [1.54, 1.807) is 23.1 Å². The molecule has 0 atom stereocenters. The van der Waals surface area contributed by atoms with Crippen LogP contribution >= 0.6 is 0 Å². The van der Waals surface area contributed by atoms with Gasteiger partial charge in [-0.2, -0.15) is 0 Å². The number of anilines is 1. The third kappa shape index (κ3) is 3.14. The lowest BCUT2D eigenvalue weighted by Crippen LogP contribution is -2.40. The van der Waals surface area contributed by atoms with Crippen molar-refractivity contribution < 1.29 is 14.7 Å². The van der Waals surface area contributed by atoms with Crippen LogP contribution < -0.4 is 10.2 Å². The van der Waals surface area contributed by atoms with Crippen LogP contribution in [-0.2, 0) is 4.79 Å². The van der Waals surface area contributed by atoms with E-state index in [-0.39, 0.29) is 11.8 Å². The molecule has 2 aliphatic rings. The summed E-state index contributed by atoms with van der Waals surface area (Å²) in [6.07, 6.45) is 4.95. The lowest BCUT2D eigenvalue weighted by molar-refractivity contribution is -0.117. The SMILES string of the molecule is O=C(NCC1(O)CCCC1)c1cccc(N2CCCC2=O)c1. The molecule has 1 aliphatic heterocycles. The Kier molecular flexibility index (Phi) is 4.16. The third-order valence-electron chi connectivity index (χ3n) is 4.61. The van der Waals surface area contributed by atoms with Crippen molar-refractivity contribution >= 4 is 17.5 Å². The molecule has 1 saturated heterocycles. The second kappa shape index (κ2) is 6.08. The minimum Gasteiger partial charge on any atom is -0.388 e. The van der Waals surface area contributed by atoms with Gasteiger partial charge in [-0.05, 0) is 37.5 Å². The van der Waals surface area contributed by atoms with Crippen molar-refractivity contribution in [3.63, 3.8) is 0 Å². The summed E-state index contributed by atoms with van der Waals surface area (Å²) in [4.78, 5) is 25.8. The smallest absolute Gasteiger partial charge is 0.251 e. The fourth-order valence-electron chi connectivity index (χ4n) is 3.29. The summed E-state index contributed by atoms with van der Waals surface area (Å²) < 4.78 is 0. The number of hydrogen-bond acceptors (Lipinski definition) is 3. The van der Waals surface area contributed by atoms with E-state index < -0.39 is 5.60 Å². The molecule has 1 saturated carbocycles. The highest BCUT2D eigenvalue weighted by molar-refractivity contribution is 5.99. The van der Waals surface area contributed by atoms with Gasteiger partial charge in [0.1, 0.15) is 0 Å². The first kappa shape index (κ1) is 15.0. The number of nitrogens with one attached hydrogen (secondary N) is 1. The summed E-state index contributed by atoms with van der Waals surface area (Å²) in [7, 11) is 0. The quantitative estimate of drug-likeness (QED) is 0.892. The van der Waals surface area contributed by atoms with Gasteiger partial charge in [-0.15, -0.1) is 0 Å². The van der Waals surface area contributed by atoms with E-state index in [9.17, 15) is 14.7 Å². The number of rotatable bonds is 4. The molecule has 118 valence electrons. The van der Waals surface area contributed by atoms with Crippen LogP contribution in [0.4, 0.5) is 5.69 Å². The number of aliphatic hydroxyl groups is 1. The van der Waals surface area contributed by atoms with E-state index in [2.05, 4.69) is 5.32 Å². The van der Waals surface area contributed by atoms with Gasteiger partial charge >= 0.3 is 0 Å². The van der Waals surface area contributed by atoms with Crippen LogP contribution in [0.5, 0.6) is 0 Å². The highest BCUT2D eigenvalue weighted by atomic mass is 16.3. The topological polar surface area (TPSA) is 69.6 Å². The Morgan fingerprint density at radius 1 is 1.27 bits per heavy atom. The molecule has 2 N–H and O–H groups in total. The van der Waals surface area contributed by atoms with Crippen molar-refractivity contribution in [2.45, 2.75) is 44.1 Å². The Labute approximate surface area is 130 Å². The highest BCUT2D eigenvalue weighted by Gasteiger charge is 2.31. The molecule has 0 spiro atoms. The Hall–Kier alpha value is -1.88. The predicted molar refractivity (Wildman–Crippen MR) is 83.8 cm³/mol. The number of nitrogens with zero attached hydrogens (tertiary/aromatic N) is 1. The number of carbonyl (C=O) groups excluding carboxylic acids is 2. The first-order valence-electron chi connectivity index (χ1n) is 7.98. The molecule has 3 rings (SSSR count). The van der Waals surface area contributed by atoms with Crippen molar-refractivity contribution in [1.82, 2.24) is 5.32 Å². The molecule has 2 amide bonds. The van der Waals surface area contributed by atoms with Gasteiger partial charge in [-0.1, -0.05) is 18.9 Å². The maximum absolute atomic E-state index is 12.3. The number of hydrogen-bond donors (Lipinski definition) is 2. The van der Waals surface area contributed by atoms with Crippen LogP contribution in [0.1, 0.15) is 48.9 Å². The second-order valence-electron chi connectivity index (χ2n) is 6.31. The van der Waals surface area contributed by atoms with Crippen LogP contribution in [0.3, 0.4) is 0 Å². The summed E-state index contributed by atoms with van der Waals surface area (Å²) >= 11 is 0. The van der Waals surface area contributed by atoms with Crippen molar-refractivity contribution in [3.05, 3.63) is 29.8 Å². The molecule has 0 unspecified atom stereocenters. The van der Waals surface area contributed by atoms with E-state index in [4.69, 9.17) is 0 Å². The maximum atomic E-state index is 12.3. The van der Waals surface area contributed by atoms with Crippen LogP contribution in [0.15, 0.2) is 24.3 Å². The molecule has 0 bridgehead atoms. The number of benzene rings is 1. The van der Waals surface area contributed by atoms with E-state index >= 15 is 0 Å². The van der Waals surface area contributed by atoms with Crippen molar-refractivity contribution in [3.8, 4) is 0 Å². The molecule has 1 heterocycles. The molecular formula is C17H22N2O3. The Bertz CT molecular complexity index is 579. The molecule has 0 aromatic heterocycles. The molecule has 1 aromatic carbocycles.